The lowest BCUT2D eigenvalue weighted by Crippen LogP contribution is -2.42. The van der Waals surface area contributed by atoms with E-state index < -0.39 is 0 Å². The van der Waals surface area contributed by atoms with E-state index in [1.165, 1.54) is 47.2 Å². The fraction of sp³-hybridized carbons (Fsp3) is 0.500. The van der Waals surface area contributed by atoms with Crippen molar-refractivity contribution in [1.29, 1.82) is 0 Å². The first kappa shape index (κ1) is 21.6. The standard InChI is InChI=1S/C26H37N3/c1-19(2)23-12-14-24(15-13-23)26(28-16-7-8-17-28)22(5)29(18-27-6)25-20(3)10-9-11-21(25)4/h9-11,14,18,23,26H,1,5,7-8,12-13,15-17H2,2-4,6H3/b27-18-/t23-,26?/m1/s1. The van der Waals surface area contributed by atoms with Gasteiger partial charge in [0, 0.05) is 12.7 Å². The van der Waals surface area contributed by atoms with Crippen LogP contribution in [0.2, 0.25) is 0 Å². The molecule has 1 aliphatic heterocycles. The second-order valence-corrected chi connectivity index (χ2v) is 8.72. The molecule has 1 saturated heterocycles. The Morgan fingerprint density at radius 1 is 1.21 bits per heavy atom. The summed E-state index contributed by atoms with van der Waals surface area (Å²) in [5, 5.41) is 0. The molecule has 0 saturated carbocycles. The van der Waals surface area contributed by atoms with Gasteiger partial charge in [0.05, 0.1) is 18.1 Å². The van der Waals surface area contributed by atoms with E-state index in [2.05, 4.69) is 73.0 Å². The van der Waals surface area contributed by atoms with Crippen molar-refractivity contribution in [2.24, 2.45) is 10.9 Å². The Morgan fingerprint density at radius 3 is 2.38 bits per heavy atom. The highest BCUT2D eigenvalue weighted by atomic mass is 15.3. The molecule has 0 aromatic heterocycles. The maximum absolute atomic E-state index is 4.64. The highest BCUT2D eigenvalue weighted by Gasteiger charge is 2.32. The molecule has 2 atom stereocenters. The summed E-state index contributed by atoms with van der Waals surface area (Å²) in [7, 11) is 1.84. The van der Waals surface area contributed by atoms with Gasteiger partial charge in [-0.05, 0) is 83.0 Å². The molecule has 29 heavy (non-hydrogen) atoms. The fourth-order valence-corrected chi connectivity index (χ4v) is 4.92. The summed E-state index contributed by atoms with van der Waals surface area (Å²) >= 11 is 0. The number of anilines is 1. The molecule has 1 unspecified atom stereocenters. The first-order valence-electron chi connectivity index (χ1n) is 11.0. The van der Waals surface area contributed by atoms with Crippen molar-refractivity contribution in [3.8, 4) is 0 Å². The first-order valence-corrected chi connectivity index (χ1v) is 11.0. The highest BCUT2D eigenvalue weighted by molar-refractivity contribution is 5.86. The molecule has 156 valence electrons. The van der Waals surface area contributed by atoms with Gasteiger partial charge in [-0.1, -0.05) is 48.6 Å². The summed E-state index contributed by atoms with van der Waals surface area (Å²) in [6.07, 6.45) is 10.4. The molecule has 1 aromatic rings. The van der Waals surface area contributed by atoms with Gasteiger partial charge in [0.15, 0.2) is 0 Å². The molecule has 1 fully saturated rings. The van der Waals surface area contributed by atoms with E-state index in [0.29, 0.717) is 5.92 Å². The third-order valence-electron chi connectivity index (χ3n) is 6.54. The van der Waals surface area contributed by atoms with Crippen LogP contribution in [0.1, 0.15) is 50.2 Å². The number of likely N-dealkylation sites (tertiary alicyclic amines) is 1. The number of allylic oxidation sites excluding steroid dienone is 2. The molecule has 1 aromatic carbocycles. The van der Waals surface area contributed by atoms with Gasteiger partial charge in [0.25, 0.3) is 0 Å². The van der Waals surface area contributed by atoms with Crippen LogP contribution in [0.5, 0.6) is 0 Å². The average molecular weight is 392 g/mol. The monoisotopic (exact) mass is 391 g/mol. The molecule has 0 spiro atoms. The van der Waals surface area contributed by atoms with Gasteiger partial charge in [0.2, 0.25) is 0 Å². The number of hydrogen-bond acceptors (Lipinski definition) is 2. The lowest BCUT2D eigenvalue weighted by Gasteiger charge is -2.38. The number of aliphatic imine (C=N–C) groups is 1. The van der Waals surface area contributed by atoms with Gasteiger partial charge < -0.3 is 4.90 Å². The largest absolute Gasteiger partial charge is 0.303 e. The minimum absolute atomic E-state index is 0.251. The Hall–Kier alpha value is -2.13. The quantitative estimate of drug-likeness (QED) is 0.320. The summed E-state index contributed by atoms with van der Waals surface area (Å²) in [5.41, 5.74) is 7.68. The molecule has 2 aliphatic rings. The SMILES string of the molecule is C=C(C)[C@@H]1CC=C(C(C(=C)N(/C=N\C)c2c(C)cccc2C)N2CCCC2)CC1. The molecular weight excluding hydrogens is 354 g/mol. The van der Waals surface area contributed by atoms with E-state index in [4.69, 9.17) is 0 Å². The topological polar surface area (TPSA) is 18.8 Å². The maximum atomic E-state index is 4.64. The molecule has 3 rings (SSSR count). The normalized spacial score (nSPS) is 21.2. The van der Waals surface area contributed by atoms with E-state index in [1.807, 2.05) is 13.4 Å². The second kappa shape index (κ2) is 9.58. The van der Waals surface area contributed by atoms with Gasteiger partial charge in [0.1, 0.15) is 0 Å². The minimum atomic E-state index is 0.251. The number of para-hydroxylation sites is 1. The molecule has 0 radical (unpaired) electrons. The maximum Gasteiger partial charge on any atom is 0.0934 e. The van der Waals surface area contributed by atoms with Crippen LogP contribution < -0.4 is 4.90 Å². The Labute approximate surface area is 177 Å². The Kier molecular flexibility index (Phi) is 7.13. The predicted octanol–water partition coefficient (Wildman–Crippen LogP) is 6.05. The molecule has 1 aliphatic carbocycles. The van der Waals surface area contributed by atoms with Crippen molar-refractivity contribution < 1.29 is 0 Å². The molecular formula is C26H37N3. The van der Waals surface area contributed by atoms with Gasteiger partial charge in [-0.3, -0.25) is 9.89 Å². The van der Waals surface area contributed by atoms with Crippen LogP contribution in [0.3, 0.4) is 0 Å². The van der Waals surface area contributed by atoms with Crippen LogP contribution in [0.25, 0.3) is 0 Å². The van der Waals surface area contributed by atoms with Crippen LogP contribution >= 0.6 is 0 Å². The van der Waals surface area contributed by atoms with Gasteiger partial charge in [-0.25, -0.2) is 0 Å². The summed E-state index contributed by atoms with van der Waals surface area (Å²) < 4.78 is 0. The Morgan fingerprint density at radius 2 is 1.86 bits per heavy atom. The fourth-order valence-electron chi connectivity index (χ4n) is 4.92. The smallest absolute Gasteiger partial charge is 0.0934 e. The van der Waals surface area contributed by atoms with E-state index in [-0.39, 0.29) is 6.04 Å². The zero-order valence-corrected chi connectivity index (χ0v) is 18.7. The van der Waals surface area contributed by atoms with E-state index >= 15 is 0 Å². The van der Waals surface area contributed by atoms with Crippen LogP contribution in [-0.2, 0) is 0 Å². The Bertz CT molecular complexity index is 791. The molecule has 1 heterocycles. The van der Waals surface area contributed by atoms with Gasteiger partial charge >= 0.3 is 0 Å². The van der Waals surface area contributed by atoms with E-state index in [0.717, 1.165) is 31.6 Å². The van der Waals surface area contributed by atoms with Crippen molar-refractivity contribution in [3.05, 3.63) is 65.4 Å². The molecule has 3 nitrogen and oxygen atoms in total. The average Bonchev–Trinajstić information content (AvgIpc) is 3.22. The number of benzene rings is 1. The molecule has 3 heteroatoms. The third kappa shape index (κ3) is 4.72. The van der Waals surface area contributed by atoms with Crippen molar-refractivity contribution in [2.75, 3.05) is 25.0 Å². The zero-order chi connectivity index (χ0) is 21.0. The van der Waals surface area contributed by atoms with Crippen molar-refractivity contribution >= 4 is 12.0 Å². The summed E-state index contributed by atoms with van der Waals surface area (Å²) in [5.74, 6) is 0.623. The van der Waals surface area contributed by atoms with Crippen LogP contribution in [-0.4, -0.2) is 37.4 Å². The van der Waals surface area contributed by atoms with Crippen molar-refractivity contribution in [2.45, 2.75) is 58.9 Å². The Balaban J connectivity index is 1.98. The highest BCUT2D eigenvalue weighted by Crippen LogP contribution is 2.37. The first-order chi connectivity index (χ1) is 13.9. The second-order valence-electron chi connectivity index (χ2n) is 8.72. The zero-order valence-electron chi connectivity index (χ0n) is 18.7. The summed E-state index contributed by atoms with van der Waals surface area (Å²) in [4.78, 5) is 9.26. The lowest BCUT2D eigenvalue weighted by molar-refractivity contribution is 0.290. The van der Waals surface area contributed by atoms with Crippen molar-refractivity contribution in [3.63, 3.8) is 0 Å². The van der Waals surface area contributed by atoms with E-state index in [9.17, 15) is 0 Å². The molecule has 0 amide bonds. The van der Waals surface area contributed by atoms with Crippen molar-refractivity contribution in [1.82, 2.24) is 4.90 Å². The number of aryl methyl sites for hydroxylation is 2. The lowest BCUT2D eigenvalue weighted by atomic mass is 9.82. The molecule has 0 bridgehead atoms. The molecule has 0 N–H and O–H groups in total. The summed E-state index contributed by atoms with van der Waals surface area (Å²) in [6.45, 7) is 17.6. The third-order valence-corrected chi connectivity index (χ3v) is 6.54. The summed E-state index contributed by atoms with van der Waals surface area (Å²) in [6, 6.07) is 6.72. The van der Waals surface area contributed by atoms with Gasteiger partial charge in [-0.2, -0.15) is 0 Å². The number of rotatable bonds is 7. The van der Waals surface area contributed by atoms with Crippen LogP contribution in [0.4, 0.5) is 5.69 Å². The minimum Gasteiger partial charge on any atom is -0.303 e. The van der Waals surface area contributed by atoms with Crippen LogP contribution in [0, 0.1) is 19.8 Å². The predicted molar refractivity (Wildman–Crippen MR) is 127 cm³/mol. The number of nitrogens with zero attached hydrogens (tertiary/aromatic N) is 3. The van der Waals surface area contributed by atoms with Gasteiger partial charge in [-0.15, -0.1) is 0 Å². The van der Waals surface area contributed by atoms with Crippen LogP contribution in [0.15, 0.2) is 59.3 Å². The number of hydrogen-bond donors (Lipinski definition) is 0. The van der Waals surface area contributed by atoms with E-state index in [1.54, 1.807) is 0 Å².